The van der Waals surface area contributed by atoms with Crippen molar-refractivity contribution in [3.05, 3.63) is 48.4 Å². The van der Waals surface area contributed by atoms with Crippen LogP contribution >= 0.6 is 0 Å². The van der Waals surface area contributed by atoms with Gasteiger partial charge < -0.3 is 5.32 Å². The van der Waals surface area contributed by atoms with Crippen LogP contribution in [-0.2, 0) is 5.54 Å². The zero-order valence-electron chi connectivity index (χ0n) is 15.0. The highest BCUT2D eigenvalue weighted by atomic mass is 16.2. The van der Waals surface area contributed by atoms with Gasteiger partial charge in [0.1, 0.15) is 18.3 Å². The molecule has 0 aliphatic heterocycles. The standard InChI is InChI=1S/C18H21N7O/c1-18(2,3)25-15(8-14(23-25)12-4-5-12)17(26)22-13-6-7-16(20-9-13)24-11-19-10-21-24/h6-12H,4-5H2,1-3H3,(H,22,26). The SMILES string of the molecule is CC(C)(C)n1nc(C2CC2)cc1C(=O)Nc1ccc(-n2cncn2)nc1. The van der Waals surface area contributed by atoms with E-state index in [2.05, 4.69) is 25.5 Å². The number of anilines is 1. The fourth-order valence-electron chi connectivity index (χ4n) is 2.77. The number of nitrogens with zero attached hydrogens (tertiary/aromatic N) is 6. The summed E-state index contributed by atoms with van der Waals surface area (Å²) >= 11 is 0. The Morgan fingerprint density at radius 3 is 2.65 bits per heavy atom. The Labute approximate surface area is 151 Å². The molecule has 3 heterocycles. The molecule has 1 saturated carbocycles. The average molecular weight is 351 g/mol. The summed E-state index contributed by atoms with van der Waals surface area (Å²) in [5, 5.41) is 11.6. The van der Waals surface area contributed by atoms with E-state index in [0.717, 1.165) is 18.5 Å². The van der Waals surface area contributed by atoms with Crippen LogP contribution < -0.4 is 5.32 Å². The number of rotatable bonds is 4. The van der Waals surface area contributed by atoms with Crippen molar-refractivity contribution < 1.29 is 4.79 Å². The number of amides is 1. The molecule has 0 radical (unpaired) electrons. The second-order valence-electron chi connectivity index (χ2n) is 7.51. The second kappa shape index (κ2) is 6.05. The molecule has 0 saturated heterocycles. The van der Waals surface area contributed by atoms with Gasteiger partial charge in [0, 0.05) is 5.92 Å². The normalized spacial score (nSPS) is 14.4. The van der Waals surface area contributed by atoms with Crippen LogP contribution in [0.2, 0.25) is 0 Å². The Morgan fingerprint density at radius 1 is 1.27 bits per heavy atom. The number of pyridine rings is 1. The van der Waals surface area contributed by atoms with Crippen LogP contribution in [-0.4, -0.2) is 35.4 Å². The molecule has 1 N–H and O–H groups in total. The summed E-state index contributed by atoms with van der Waals surface area (Å²) in [7, 11) is 0. The van der Waals surface area contributed by atoms with Gasteiger partial charge in [-0.1, -0.05) is 0 Å². The highest BCUT2D eigenvalue weighted by Gasteiger charge is 2.31. The zero-order chi connectivity index (χ0) is 18.3. The molecule has 0 bridgehead atoms. The maximum atomic E-state index is 12.8. The van der Waals surface area contributed by atoms with E-state index in [1.165, 1.54) is 6.33 Å². The van der Waals surface area contributed by atoms with Gasteiger partial charge in [-0.25, -0.2) is 14.6 Å². The van der Waals surface area contributed by atoms with Crippen LogP contribution in [0.3, 0.4) is 0 Å². The maximum absolute atomic E-state index is 12.8. The third kappa shape index (κ3) is 3.22. The van der Waals surface area contributed by atoms with Crippen LogP contribution in [0.1, 0.15) is 55.7 Å². The quantitative estimate of drug-likeness (QED) is 0.780. The Balaban J connectivity index is 1.56. The molecule has 0 unspecified atom stereocenters. The first-order chi connectivity index (χ1) is 12.4. The summed E-state index contributed by atoms with van der Waals surface area (Å²) < 4.78 is 3.37. The van der Waals surface area contributed by atoms with E-state index >= 15 is 0 Å². The first-order valence-electron chi connectivity index (χ1n) is 8.65. The van der Waals surface area contributed by atoms with Crippen molar-refractivity contribution in [3.8, 4) is 5.82 Å². The van der Waals surface area contributed by atoms with E-state index in [-0.39, 0.29) is 11.4 Å². The van der Waals surface area contributed by atoms with Gasteiger partial charge in [-0.15, -0.1) is 0 Å². The molecule has 0 aromatic carbocycles. The van der Waals surface area contributed by atoms with Gasteiger partial charge in [0.25, 0.3) is 5.91 Å². The van der Waals surface area contributed by atoms with E-state index in [4.69, 9.17) is 0 Å². The van der Waals surface area contributed by atoms with Crippen LogP contribution in [0.5, 0.6) is 0 Å². The lowest BCUT2D eigenvalue weighted by Gasteiger charge is -2.22. The largest absolute Gasteiger partial charge is 0.319 e. The first kappa shape index (κ1) is 16.4. The highest BCUT2D eigenvalue weighted by molar-refractivity contribution is 6.03. The minimum Gasteiger partial charge on any atom is -0.319 e. The number of aromatic nitrogens is 6. The van der Waals surface area contributed by atoms with E-state index in [1.807, 2.05) is 31.5 Å². The summed E-state index contributed by atoms with van der Waals surface area (Å²) in [5.74, 6) is 0.944. The van der Waals surface area contributed by atoms with E-state index in [0.29, 0.717) is 23.1 Å². The monoisotopic (exact) mass is 351 g/mol. The lowest BCUT2D eigenvalue weighted by atomic mass is 10.1. The Hall–Kier alpha value is -3.03. The van der Waals surface area contributed by atoms with Gasteiger partial charge in [0.05, 0.1) is 23.1 Å². The lowest BCUT2D eigenvalue weighted by molar-refractivity contribution is 0.100. The van der Waals surface area contributed by atoms with Crippen molar-refractivity contribution in [3.63, 3.8) is 0 Å². The third-order valence-electron chi connectivity index (χ3n) is 4.25. The number of carbonyl (C=O) groups is 1. The number of nitrogens with one attached hydrogen (secondary N) is 1. The smallest absolute Gasteiger partial charge is 0.274 e. The van der Waals surface area contributed by atoms with Crippen molar-refractivity contribution in [2.45, 2.75) is 45.1 Å². The van der Waals surface area contributed by atoms with Gasteiger partial charge in [0.15, 0.2) is 5.82 Å². The molecular formula is C18H21N7O. The minimum absolute atomic E-state index is 0.186. The molecule has 134 valence electrons. The Kier molecular flexibility index (Phi) is 3.82. The van der Waals surface area contributed by atoms with Crippen molar-refractivity contribution in [1.82, 2.24) is 29.5 Å². The number of hydrogen-bond acceptors (Lipinski definition) is 5. The number of carbonyl (C=O) groups excluding carboxylic acids is 1. The van der Waals surface area contributed by atoms with Crippen LogP contribution in [0, 0.1) is 0 Å². The Morgan fingerprint density at radius 2 is 2.08 bits per heavy atom. The molecule has 26 heavy (non-hydrogen) atoms. The van der Waals surface area contributed by atoms with Gasteiger partial charge in [-0.2, -0.15) is 10.2 Å². The highest BCUT2D eigenvalue weighted by Crippen LogP contribution is 2.40. The van der Waals surface area contributed by atoms with Crippen molar-refractivity contribution >= 4 is 11.6 Å². The van der Waals surface area contributed by atoms with Crippen LogP contribution in [0.25, 0.3) is 5.82 Å². The van der Waals surface area contributed by atoms with Gasteiger partial charge >= 0.3 is 0 Å². The zero-order valence-corrected chi connectivity index (χ0v) is 15.0. The van der Waals surface area contributed by atoms with E-state index < -0.39 is 0 Å². The molecule has 0 atom stereocenters. The average Bonchev–Trinajstić information content (AvgIpc) is 3.12. The summed E-state index contributed by atoms with van der Waals surface area (Å²) in [5.41, 5.74) is 1.92. The molecule has 1 fully saturated rings. The summed E-state index contributed by atoms with van der Waals surface area (Å²) in [6.07, 6.45) is 6.92. The fourth-order valence-corrected chi connectivity index (χ4v) is 2.77. The Bertz CT molecular complexity index is 916. The molecule has 1 aliphatic carbocycles. The molecule has 1 aliphatic rings. The van der Waals surface area contributed by atoms with Crippen LogP contribution in [0.15, 0.2) is 37.1 Å². The summed E-state index contributed by atoms with van der Waals surface area (Å²) in [6.45, 7) is 6.13. The van der Waals surface area contributed by atoms with Crippen molar-refractivity contribution in [2.75, 3.05) is 5.32 Å². The first-order valence-corrected chi connectivity index (χ1v) is 8.65. The van der Waals surface area contributed by atoms with Gasteiger partial charge in [-0.3, -0.25) is 9.48 Å². The fraction of sp³-hybridized carbons (Fsp3) is 0.389. The molecule has 8 heteroatoms. The van der Waals surface area contributed by atoms with E-state index in [9.17, 15) is 4.79 Å². The summed E-state index contributed by atoms with van der Waals surface area (Å²) in [4.78, 5) is 21.0. The molecule has 8 nitrogen and oxygen atoms in total. The molecule has 3 aromatic rings. The van der Waals surface area contributed by atoms with Gasteiger partial charge in [0.2, 0.25) is 0 Å². The van der Waals surface area contributed by atoms with Crippen molar-refractivity contribution in [2.24, 2.45) is 0 Å². The number of hydrogen-bond donors (Lipinski definition) is 1. The predicted molar refractivity (Wildman–Crippen MR) is 96.3 cm³/mol. The third-order valence-corrected chi connectivity index (χ3v) is 4.25. The predicted octanol–water partition coefficient (Wildman–Crippen LogP) is 2.74. The molecule has 3 aromatic heterocycles. The van der Waals surface area contributed by atoms with Gasteiger partial charge in [-0.05, 0) is 51.8 Å². The topological polar surface area (TPSA) is 90.5 Å². The molecular weight excluding hydrogens is 330 g/mol. The maximum Gasteiger partial charge on any atom is 0.274 e. The second-order valence-corrected chi connectivity index (χ2v) is 7.51. The molecule has 4 rings (SSSR count). The van der Waals surface area contributed by atoms with E-state index in [1.54, 1.807) is 29.3 Å². The lowest BCUT2D eigenvalue weighted by Crippen LogP contribution is -2.29. The molecule has 0 spiro atoms. The van der Waals surface area contributed by atoms with Crippen molar-refractivity contribution in [1.29, 1.82) is 0 Å². The summed E-state index contributed by atoms with van der Waals surface area (Å²) in [6, 6.07) is 5.48. The minimum atomic E-state index is -0.269. The molecule has 1 amide bonds. The van der Waals surface area contributed by atoms with Crippen LogP contribution in [0.4, 0.5) is 5.69 Å².